The van der Waals surface area contributed by atoms with Crippen molar-refractivity contribution in [3.05, 3.63) is 78.8 Å². The average Bonchev–Trinajstić information content (AvgIpc) is 3.28. The molecule has 0 bridgehead atoms. The van der Waals surface area contributed by atoms with Gasteiger partial charge in [0.15, 0.2) is 10.9 Å². The molecule has 4 nitrogen and oxygen atoms in total. The maximum Gasteiger partial charge on any atom is 0.178 e. The molecule has 2 aromatic heterocycles. The number of aromatic nitrogens is 3. The Morgan fingerprint density at radius 2 is 1.88 bits per heavy atom. The van der Waals surface area contributed by atoms with E-state index in [2.05, 4.69) is 9.97 Å². The lowest BCUT2D eigenvalue weighted by Crippen LogP contribution is -2.14. The van der Waals surface area contributed by atoms with Gasteiger partial charge in [-0.05, 0) is 25.1 Å². The van der Waals surface area contributed by atoms with Gasteiger partial charge in [0.2, 0.25) is 0 Å². The lowest BCUT2D eigenvalue weighted by Gasteiger charge is -2.11. The van der Waals surface area contributed by atoms with E-state index in [-0.39, 0.29) is 11.0 Å². The minimum Gasteiger partial charge on any atom is -0.360 e. The van der Waals surface area contributed by atoms with Crippen molar-refractivity contribution in [3.63, 3.8) is 0 Å². The number of nitrogens with one attached hydrogen (secondary N) is 1. The number of fused-ring (bicyclic) bond motifs is 1. The van der Waals surface area contributed by atoms with Crippen LogP contribution in [0.5, 0.6) is 0 Å². The Kier molecular flexibility index (Phi) is 4.15. The number of ketones is 1. The summed E-state index contributed by atoms with van der Waals surface area (Å²) in [7, 11) is 0. The molecule has 0 amide bonds. The number of H-pyrrole nitrogens is 1. The van der Waals surface area contributed by atoms with Crippen LogP contribution in [0.1, 0.15) is 17.3 Å². The molecule has 0 aliphatic heterocycles. The maximum atomic E-state index is 12.9. The Labute approximate surface area is 149 Å². The molecule has 0 aliphatic rings. The number of aromatic amines is 1. The van der Waals surface area contributed by atoms with Gasteiger partial charge in [-0.3, -0.25) is 9.36 Å². The highest BCUT2D eigenvalue weighted by molar-refractivity contribution is 8.00. The van der Waals surface area contributed by atoms with Crippen LogP contribution in [0.2, 0.25) is 0 Å². The van der Waals surface area contributed by atoms with Crippen molar-refractivity contribution in [2.75, 3.05) is 0 Å². The Balaban J connectivity index is 1.60. The molecular weight excluding hydrogens is 330 g/mol. The van der Waals surface area contributed by atoms with Crippen molar-refractivity contribution in [1.29, 1.82) is 0 Å². The van der Waals surface area contributed by atoms with Crippen LogP contribution >= 0.6 is 11.8 Å². The summed E-state index contributed by atoms with van der Waals surface area (Å²) in [6.45, 7) is 1.93. The van der Waals surface area contributed by atoms with E-state index in [0.717, 1.165) is 27.3 Å². The van der Waals surface area contributed by atoms with Crippen LogP contribution in [0.3, 0.4) is 0 Å². The van der Waals surface area contributed by atoms with Crippen LogP contribution in [0.15, 0.2) is 78.3 Å². The van der Waals surface area contributed by atoms with Crippen LogP contribution in [-0.2, 0) is 0 Å². The van der Waals surface area contributed by atoms with Gasteiger partial charge in [0, 0.05) is 40.7 Å². The summed E-state index contributed by atoms with van der Waals surface area (Å²) in [5.74, 6) is 0.102. The highest BCUT2D eigenvalue weighted by atomic mass is 32.2. The standard InChI is InChI=1S/C20H17N3OS/c1-14(19(24)17-13-22-18-10-6-5-9-16(17)18)25-20-21-11-12-23(20)15-7-3-2-4-8-15/h2-14,22H,1H3/t14-/m0/s1. The van der Waals surface area contributed by atoms with Crippen molar-refractivity contribution < 1.29 is 4.79 Å². The van der Waals surface area contributed by atoms with E-state index in [0.29, 0.717) is 0 Å². The summed E-state index contributed by atoms with van der Waals surface area (Å²) in [5.41, 5.74) is 2.75. The van der Waals surface area contributed by atoms with Crippen molar-refractivity contribution in [2.24, 2.45) is 0 Å². The number of para-hydroxylation sites is 2. The van der Waals surface area contributed by atoms with E-state index in [9.17, 15) is 4.79 Å². The molecular formula is C20H17N3OS. The van der Waals surface area contributed by atoms with Crippen molar-refractivity contribution >= 4 is 28.4 Å². The number of carbonyl (C=O) groups excluding carboxylic acids is 1. The molecule has 0 saturated carbocycles. The van der Waals surface area contributed by atoms with Gasteiger partial charge in [-0.2, -0.15) is 0 Å². The van der Waals surface area contributed by atoms with E-state index < -0.39 is 0 Å². The molecule has 0 spiro atoms. The van der Waals surface area contributed by atoms with Gasteiger partial charge in [-0.1, -0.05) is 48.2 Å². The summed E-state index contributed by atoms with van der Waals surface area (Å²) in [6, 6.07) is 17.9. The number of imidazole rings is 1. The van der Waals surface area contributed by atoms with Crippen molar-refractivity contribution in [3.8, 4) is 5.69 Å². The van der Waals surface area contributed by atoms with Gasteiger partial charge >= 0.3 is 0 Å². The second-order valence-electron chi connectivity index (χ2n) is 5.79. The van der Waals surface area contributed by atoms with E-state index in [1.54, 1.807) is 12.4 Å². The largest absolute Gasteiger partial charge is 0.360 e. The molecule has 0 fully saturated rings. The highest BCUT2D eigenvalue weighted by Crippen LogP contribution is 2.28. The number of hydrogen-bond donors (Lipinski definition) is 1. The molecule has 0 unspecified atom stereocenters. The second kappa shape index (κ2) is 6.61. The Morgan fingerprint density at radius 1 is 1.12 bits per heavy atom. The number of benzene rings is 2. The molecule has 25 heavy (non-hydrogen) atoms. The number of nitrogens with zero attached hydrogens (tertiary/aromatic N) is 2. The first-order valence-corrected chi connectivity index (χ1v) is 8.98. The summed E-state index contributed by atoms with van der Waals surface area (Å²) < 4.78 is 2.00. The molecule has 2 aromatic carbocycles. The number of thioether (sulfide) groups is 1. The van der Waals surface area contributed by atoms with Crippen molar-refractivity contribution in [1.82, 2.24) is 14.5 Å². The minimum atomic E-state index is -0.232. The van der Waals surface area contributed by atoms with Gasteiger partial charge in [-0.15, -0.1) is 0 Å². The Bertz CT molecular complexity index is 1020. The fourth-order valence-corrected chi connectivity index (χ4v) is 3.82. The molecule has 0 aliphatic carbocycles. The fraction of sp³-hybridized carbons (Fsp3) is 0.100. The minimum absolute atomic E-state index is 0.102. The van der Waals surface area contributed by atoms with Crippen LogP contribution in [-0.4, -0.2) is 25.6 Å². The van der Waals surface area contributed by atoms with Crippen LogP contribution in [0.4, 0.5) is 0 Å². The van der Waals surface area contributed by atoms with Crippen molar-refractivity contribution in [2.45, 2.75) is 17.3 Å². The SMILES string of the molecule is C[C@H](Sc1nccn1-c1ccccc1)C(=O)c1c[nH]c2ccccc12. The van der Waals surface area contributed by atoms with Gasteiger partial charge in [0.05, 0.1) is 5.25 Å². The van der Waals surface area contributed by atoms with E-state index >= 15 is 0 Å². The maximum absolute atomic E-state index is 12.9. The number of carbonyl (C=O) groups is 1. The van der Waals surface area contributed by atoms with Crippen LogP contribution in [0.25, 0.3) is 16.6 Å². The van der Waals surface area contributed by atoms with Gasteiger partial charge in [0.1, 0.15) is 0 Å². The number of hydrogen-bond acceptors (Lipinski definition) is 3. The molecule has 5 heteroatoms. The predicted molar refractivity (Wildman–Crippen MR) is 102 cm³/mol. The van der Waals surface area contributed by atoms with Gasteiger partial charge < -0.3 is 4.98 Å². The first-order chi connectivity index (χ1) is 12.2. The van der Waals surface area contributed by atoms with Crippen LogP contribution in [0, 0.1) is 0 Å². The molecule has 124 valence electrons. The quantitative estimate of drug-likeness (QED) is 0.420. The summed E-state index contributed by atoms with van der Waals surface area (Å²) >= 11 is 1.48. The summed E-state index contributed by atoms with van der Waals surface area (Å²) in [5, 5.41) is 1.54. The summed E-state index contributed by atoms with van der Waals surface area (Å²) in [6.07, 6.45) is 5.48. The molecule has 4 rings (SSSR count). The zero-order chi connectivity index (χ0) is 17.2. The van der Waals surface area contributed by atoms with Gasteiger partial charge in [-0.25, -0.2) is 4.98 Å². The molecule has 1 N–H and O–H groups in total. The van der Waals surface area contributed by atoms with E-state index in [1.165, 1.54) is 11.8 Å². The number of Topliss-reactive ketones (excluding diaryl/α,β-unsaturated/α-hetero) is 1. The lowest BCUT2D eigenvalue weighted by atomic mass is 10.1. The summed E-state index contributed by atoms with van der Waals surface area (Å²) in [4.78, 5) is 20.5. The topological polar surface area (TPSA) is 50.7 Å². The number of rotatable bonds is 5. The second-order valence-corrected chi connectivity index (χ2v) is 7.10. The zero-order valence-electron chi connectivity index (χ0n) is 13.7. The average molecular weight is 347 g/mol. The van der Waals surface area contributed by atoms with Crippen LogP contribution < -0.4 is 0 Å². The molecule has 0 saturated heterocycles. The zero-order valence-corrected chi connectivity index (χ0v) is 14.5. The first kappa shape index (κ1) is 15.7. The third-order valence-corrected chi connectivity index (χ3v) is 5.23. The third kappa shape index (κ3) is 2.98. The molecule has 2 heterocycles. The van der Waals surface area contributed by atoms with Gasteiger partial charge in [0.25, 0.3) is 0 Å². The third-order valence-electron chi connectivity index (χ3n) is 4.15. The van der Waals surface area contributed by atoms with E-state index in [1.807, 2.05) is 72.3 Å². The first-order valence-electron chi connectivity index (χ1n) is 8.10. The molecule has 4 aromatic rings. The predicted octanol–water partition coefficient (Wildman–Crippen LogP) is 4.72. The highest BCUT2D eigenvalue weighted by Gasteiger charge is 2.21. The lowest BCUT2D eigenvalue weighted by molar-refractivity contribution is 0.0995. The Morgan fingerprint density at radius 3 is 2.72 bits per heavy atom. The Hall–Kier alpha value is -2.79. The normalized spacial score (nSPS) is 12.4. The molecule has 1 atom stereocenters. The smallest absolute Gasteiger partial charge is 0.178 e. The van der Waals surface area contributed by atoms with E-state index in [4.69, 9.17) is 0 Å². The monoisotopic (exact) mass is 347 g/mol. The molecule has 0 radical (unpaired) electrons. The fourth-order valence-electron chi connectivity index (χ4n) is 2.87.